The summed E-state index contributed by atoms with van der Waals surface area (Å²) in [4.78, 5) is 14.5. The Hall–Kier alpha value is -2.91. The van der Waals surface area contributed by atoms with Crippen molar-refractivity contribution in [2.45, 2.75) is 45.4 Å². The molecular formula is C25H31N3O2S. The van der Waals surface area contributed by atoms with Gasteiger partial charge < -0.3 is 9.64 Å². The number of nitrogens with one attached hydrogen (secondary N) is 1. The fourth-order valence-electron chi connectivity index (χ4n) is 3.08. The summed E-state index contributed by atoms with van der Waals surface area (Å²) in [6.07, 6.45) is 5.75. The topological polar surface area (TPSA) is 65.4 Å². The van der Waals surface area contributed by atoms with E-state index in [4.69, 9.17) is 22.2 Å². The van der Waals surface area contributed by atoms with Gasteiger partial charge in [0.25, 0.3) is 5.91 Å². The van der Waals surface area contributed by atoms with Crippen molar-refractivity contribution >= 4 is 23.2 Å². The molecule has 0 saturated heterocycles. The number of benzene rings is 2. The summed E-state index contributed by atoms with van der Waals surface area (Å²) in [6.45, 7) is 3.98. The van der Waals surface area contributed by atoms with Gasteiger partial charge in [-0.05, 0) is 54.9 Å². The van der Waals surface area contributed by atoms with E-state index in [0.29, 0.717) is 36.8 Å². The van der Waals surface area contributed by atoms with Gasteiger partial charge in [-0.1, -0.05) is 56.5 Å². The molecule has 2 rings (SSSR count). The van der Waals surface area contributed by atoms with Gasteiger partial charge in [-0.15, -0.1) is 0 Å². The van der Waals surface area contributed by atoms with Crippen LogP contribution in [0.4, 0.5) is 0 Å². The van der Waals surface area contributed by atoms with E-state index in [1.165, 1.54) is 24.8 Å². The minimum Gasteiger partial charge on any atom is -0.494 e. The maximum absolute atomic E-state index is 12.6. The highest BCUT2D eigenvalue weighted by Gasteiger charge is 2.14. The van der Waals surface area contributed by atoms with Crippen LogP contribution in [0.15, 0.2) is 54.6 Å². The lowest BCUT2D eigenvalue weighted by Gasteiger charge is -2.24. The minimum absolute atomic E-state index is 0.263. The zero-order valence-electron chi connectivity index (χ0n) is 18.2. The number of rotatable bonds is 12. The molecule has 0 heterocycles. The van der Waals surface area contributed by atoms with Crippen LogP contribution in [0, 0.1) is 11.3 Å². The van der Waals surface area contributed by atoms with Gasteiger partial charge in [-0.2, -0.15) is 5.26 Å². The Morgan fingerprint density at radius 3 is 2.48 bits per heavy atom. The average Bonchev–Trinajstić information content (AvgIpc) is 2.80. The smallest absolute Gasteiger partial charge is 0.257 e. The van der Waals surface area contributed by atoms with Gasteiger partial charge in [0.05, 0.1) is 19.1 Å². The Morgan fingerprint density at radius 2 is 1.81 bits per heavy atom. The molecule has 1 N–H and O–H groups in total. The van der Waals surface area contributed by atoms with Crippen molar-refractivity contribution < 1.29 is 9.53 Å². The van der Waals surface area contributed by atoms with E-state index in [9.17, 15) is 4.79 Å². The van der Waals surface area contributed by atoms with Crippen molar-refractivity contribution in [3.8, 4) is 11.8 Å². The first-order chi connectivity index (χ1) is 15.1. The van der Waals surface area contributed by atoms with Crippen LogP contribution in [0.25, 0.3) is 0 Å². The summed E-state index contributed by atoms with van der Waals surface area (Å²) in [6, 6.07) is 19.3. The summed E-state index contributed by atoms with van der Waals surface area (Å²) in [7, 11) is 0. The van der Waals surface area contributed by atoms with Gasteiger partial charge in [0.1, 0.15) is 5.75 Å². The number of unbranched alkanes of at least 4 members (excludes halogenated alkanes) is 3. The van der Waals surface area contributed by atoms with Crippen LogP contribution in [0.1, 0.15) is 54.9 Å². The molecule has 0 fully saturated rings. The number of amides is 1. The molecule has 6 heteroatoms. The second kappa shape index (κ2) is 14.2. The lowest BCUT2D eigenvalue weighted by atomic mass is 10.1. The Labute approximate surface area is 191 Å². The number of hydrogen-bond donors (Lipinski definition) is 1. The zero-order valence-corrected chi connectivity index (χ0v) is 19.0. The first kappa shape index (κ1) is 24.4. The van der Waals surface area contributed by atoms with Crippen LogP contribution in [-0.2, 0) is 6.42 Å². The molecule has 0 aliphatic rings. The summed E-state index contributed by atoms with van der Waals surface area (Å²) in [5.41, 5.74) is 1.70. The fourth-order valence-corrected chi connectivity index (χ4v) is 3.35. The number of hydrogen-bond acceptors (Lipinski definition) is 4. The molecule has 1 amide bonds. The van der Waals surface area contributed by atoms with Crippen molar-refractivity contribution in [2.75, 3.05) is 19.7 Å². The van der Waals surface area contributed by atoms with E-state index in [1.54, 1.807) is 24.3 Å². The normalized spacial score (nSPS) is 10.2. The molecular weight excluding hydrogens is 406 g/mol. The van der Waals surface area contributed by atoms with Crippen LogP contribution in [0.5, 0.6) is 5.75 Å². The highest BCUT2D eigenvalue weighted by molar-refractivity contribution is 7.80. The summed E-state index contributed by atoms with van der Waals surface area (Å²) < 4.78 is 5.73. The maximum Gasteiger partial charge on any atom is 0.257 e. The maximum atomic E-state index is 12.6. The van der Waals surface area contributed by atoms with Gasteiger partial charge in [-0.25, -0.2) is 0 Å². The standard InChI is InChI=1S/C25H31N3O2S/c1-2-3-4-8-20-30-23-14-12-22(13-15-23)24(29)27-25(31)28(18-9-17-26)19-16-21-10-6-5-7-11-21/h5-7,10-15H,2-4,8-9,16,18-20H2,1H3,(H,27,29,31). The third-order valence-electron chi connectivity index (χ3n) is 4.90. The van der Waals surface area contributed by atoms with E-state index in [-0.39, 0.29) is 5.91 Å². The Morgan fingerprint density at radius 1 is 1.06 bits per heavy atom. The third-order valence-corrected chi connectivity index (χ3v) is 5.26. The lowest BCUT2D eigenvalue weighted by molar-refractivity contribution is 0.0973. The number of carbonyl (C=O) groups is 1. The average molecular weight is 438 g/mol. The van der Waals surface area contributed by atoms with Crippen molar-refractivity contribution in [1.29, 1.82) is 5.26 Å². The summed E-state index contributed by atoms with van der Waals surface area (Å²) in [5.74, 6) is 0.496. The fraction of sp³-hybridized carbons (Fsp3) is 0.400. The van der Waals surface area contributed by atoms with Gasteiger partial charge in [0.15, 0.2) is 5.11 Å². The van der Waals surface area contributed by atoms with Gasteiger partial charge in [0, 0.05) is 18.7 Å². The highest BCUT2D eigenvalue weighted by atomic mass is 32.1. The van der Waals surface area contributed by atoms with E-state index in [0.717, 1.165) is 18.6 Å². The highest BCUT2D eigenvalue weighted by Crippen LogP contribution is 2.13. The molecule has 0 saturated carbocycles. The molecule has 0 aliphatic carbocycles. The second-order valence-corrected chi connectivity index (χ2v) is 7.71. The van der Waals surface area contributed by atoms with Crippen LogP contribution in [0.3, 0.4) is 0 Å². The molecule has 0 bridgehead atoms. The molecule has 0 atom stereocenters. The third kappa shape index (κ3) is 9.18. The van der Waals surface area contributed by atoms with Gasteiger partial charge in [0.2, 0.25) is 0 Å². The van der Waals surface area contributed by atoms with Crippen molar-refractivity contribution in [2.24, 2.45) is 0 Å². The molecule has 0 radical (unpaired) electrons. The summed E-state index contributed by atoms with van der Waals surface area (Å²) in [5, 5.41) is 12.1. The molecule has 31 heavy (non-hydrogen) atoms. The van der Waals surface area contributed by atoms with Crippen LogP contribution in [-0.4, -0.2) is 35.6 Å². The molecule has 164 valence electrons. The van der Waals surface area contributed by atoms with E-state index in [2.05, 4.69) is 30.4 Å². The largest absolute Gasteiger partial charge is 0.494 e. The predicted octanol–water partition coefficient (Wildman–Crippen LogP) is 5.12. The number of nitriles is 1. The van der Waals surface area contributed by atoms with Crippen LogP contribution < -0.4 is 10.1 Å². The lowest BCUT2D eigenvalue weighted by Crippen LogP contribution is -2.44. The first-order valence-electron chi connectivity index (χ1n) is 10.9. The van der Waals surface area contributed by atoms with Gasteiger partial charge >= 0.3 is 0 Å². The Bertz CT molecular complexity index is 847. The molecule has 0 spiro atoms. The quantitative estimate of drug-likeness (QED) is 0.369. The van der Waals surface area contributed by atoms with Crippen LogP contribution >= 0.6 is 12.2 Å². The molecule has 2 aromatic rings. The minimum atomic E-state index is -0.263. The van der Waals surface area contributed by atoms with E-state index < -0.39 is 0 Å². The number of nitrogens with zero attached hydrogens (tertiary/aromatic N) is 2. The van der Waals surface area contributed by atoms with Crippen molar-refractivity contribution in [1.82, 2.24) is 10.2 Å². The second-order valence-electron chi connectivity index (χ2n) is 7.32. The molecule has 2 aromatic carbocycles. The molecule has 0 unspecified atom stereocenters. The molecule has 0 aromatic heterocycles. The van der Waals surface area contributed by atoms with Crippen molar-refractivity contribution in [3.05, 3.63) is 65.7 Å². The van der Waals surface area contributed by atoms with E-state index in [1.807, 2.05) is 23.1 Å². The Kier molecular flexibility index (Phi) is 11.1. The zero-order chi connectivity index (χ0) is 22.3. The van der Waals surface area contributed by atoms with Crippen LogP contribution in [0.2, 0.25) is 0 Å². The molecule has 5 nitrogen and oxygen atoms in total. The van der Waals surface area contributed by atoms with Crippen molar-refractivity contribution in [3.63, 3.8) is 0 Å². The summed E-state index contributed by atoms with van der Waals surface area (Å²) >= 11 is 5.46. The SMILES string of the molecule is CCCCCCOc1ccc(C(=O)NC(=S)N(CCC#N)CCc2ccccc2)cc1. The number of carbonyl (C=O) groups excluding carboxylic acids is 1. The number of ether oxygens (including phenoxy) is 1. The first-order valence-corrected chi connectivity index (χ1v) is 11.3. The molecule has 0 aliphatic heterocycles. The Balaban J connectivity index is 1.87. The van der Waals surface area contributed by atoms with E-state index >= 15 is 0 Å². The predicted molar refractivity (Wildman–Crippen MR) is 128 cm³/mol. The number of thiocarbonyl (C=S) groups is 1. The van der Waals surface area contributed by atoms with Gasteiger partial charge in [-0.3, -0.25) is 10.1 Å². The monoisotopic (exact) mass is 437 g/mol.